The molecule has 0 saturated heterocycles. The first kappa shape index (κ1) is 43.1. The van der Waals surface area contributed by atoms with Crippen LogP contribution in [0.4, 0.5) is 0 Å². The molecule has 0 saturated carbocycles. The molecule has 292 valence electrons. The van der Waals surface area contributed by atoms with Gasteiger partial charge in [0.15, 0.2) is 0 Å². The first-order valence-electron chi connectivity index (χ1n) is 20.8. The molecular formula is C57H60Zr. The van der Waals surface area contributed by atoms with Crippen LogP contribution in [-0.4, -0.2) is 3.21 Å². The van der Waals surface area contributed by atoms with Crippen LogP contribution in [-0.2, 0) is 52.3 Å². The minimum atomic E-state index is 0.0380. The third kappa shape index (κ3) is 9.70. The van der Waals surface area contributed by atoms with Gasteiger partial charge in [0.25, 0.3) is 0 Å². The van der Waals surface area contributed by atoms with E-state index in [-0.39, 0.29) is 21.7 Å². The van der Waals surface area contributed by atoms with E-state index < -0.39 is 0 Å². The van der Waals surface area contributed by atoms with Crippen molar-refractivity contribution in [3.05, 3.63) is 203 Å². The Labute approximate surface area is 365 Å². The summed E-state index contributed by atoms with van der Waals surface area (Å²) >= 11 is 1.51. The number of hydrogen-bond donors (Lipinski definition) is 0. The van der Waals surface area contributed by atoms with Crippen molar-refractivity contribution < 1.29 is 24.2 Å². The Morgan fingerprint density at radius 3 is 1.41 bits per heavy atom. The van der Waals surface area contributed by atoms with Crippen LogP contribution < -0.4 is 0 Å². The maximum absolute atomic E-state index is 3.88. The van der Waals surface area contributed by atoms with Crippen molar-refractivity contribution in [2.24, 2.45) is 0 Å². The zero-order valence-electron chi connectivity index (χ0n) is 36.4. The van der Waals surface area contributed by atoms with Gasteiger partial charge in [0, 0.05) is 0 Å². The van der Waals surface area contributed by atoms with Gasteiger partial charge in [-0.3, -0.25) is 6.08 Å². The Balaban J connectivity index is 0.000000191. The number of allylic oxidation sites excluding steroid dienone is 4. The normalized spacial score (nSPS) is 13.2. The van der Waals surface area contributed by atoms with E-state index in [1.807, 2.05) is 12.2 Å². The summed E-state index contributed by atoms with van der Waals surface area (Å²) < 4.78 is 1.58. The van der Waals surface area contributed by atoms with E-state index in [1.54, 1.807) is 3.21 Å². The molecule has 6 aromatic carbocycles. The summed E-state index contributed by atoms with van der Waals surface area (Å²) in [6.45, 7) is 23.3. The van der Waals surface area contributed by atoms with Crippen LogP contribution in [0.1, 0.15) is 109 Å². The van der Waals surface area contributed by atoms with E-state index in [4.69, 9.17) is 0 Å². The van der Waals surface area contributed by atoms with Crippen molar-refractivity contribution in [3.8, 4) is 33.4 Å². The van der Waals surface area contributed by atoms with Crippen LogP contribution in [0.25, 0.3) is 33.4 Å². The molecule has 0 bridgehead atoms. The molecule has 6 aromatic rings. The predicted octanol–water partition coefficient (Wildman–Crippen LogP) is 15.0. The molecule has 58 heavy (non-hydrogen) atoms. The molecule has 2 aliphatic rings. The largest absolute Gasteiger partial charge is 0.273 e. The van der Waals surface area contributed by atoms with Crippen molar-refractivity contribution in [2.45, 2.75) is 104 Å². The molecule has 8 rings (SSSR count). The minimum Gasteiger partial charge on any atom is -0.273 e. The molecule has 0 aromatic heterocycles. The fourth-order valence-electron chi connectivity index (χ4n) is 8.22. The Hall–Kier alpha value is -4.45. The standard InChI is InChI=1S/C33H33.C19H22.C5H5.Zr/c1-32(2,3)30-20-26-24(18-28(30)22-13-9-7-10-14-22)17-25-19-29(23-15-11-8-12-16-23)31(21-27(25)26)33(4,5)6;1-18(2,16-11-7-5-8-12-16)15-19(3,4)17-13-9-6-10-14-17;1-2-4-5-3-1;/h7-16,18,20-21H,17H2,1-6H3;5-14H,1-4H3;1-3H,4H2;/q-1;;-1;+2. The Kier molecular flexibility index (Phi) is 13.2. The summed E-state index contributed by atoms with van der Waals surface area (Å²) in [5.41, 5.74) is 16.5. The molecule has 0 aliphatic heterocycles. The molecule has 0 radical (unpaired) electrons. The van der Waals surface area contributed by atoms with Gasteiger partial charge >= 0.3 is 138 Å². The number of hydrogen-bond acceptors (Lipinski definition) is 0. The van der Waals surface area contributed by atoms with E-state index in [1.165, 1.54) is 91.0 Å². The maximum Gasteiger partial charge on any atom is -0.109 e. The third-order valence-corrected chi connectivity index (χ3v) is 14.7. The molecule has 0 spiro atoms. The zero-order chi connectivity index (χ0) is 41.7. The van der Waals surface area contributed by atoms with Gasteiger partial charge in [0.05, 0.1) is 0 Å². The van der Waals surface area contributed by atoms with Crippen LogP contribution in [0.2, 0.25) is 0 Å². The molecule has 0 N–H and O–H groups in total. The Bertz CT molecular complexity index is 2210. The van der Waals surface area contributed by atoms with E-state index in [9.17, 15) is 0 Å². The molecule has 0 atom stereocenters. The van der Waals surface area contributed by atoms with E-state index in [0.29, 0.717) is 0 Å². The van der Waals surface area contributed by atoms with Gasteiger partial charge in [-0.05, 0) is 39.5 Å². The second kappa shape index (κ2) is 17.8. The summed E-state index contributed by atoms with van der Waals surface area (Å²) in [5.74, 6) is 0. The van der Waals surface area contributed by atoms with E-state index in [0.717, 1.165) is 12.8 Å². The average Bonchev–Trinajstić information content (AvgIpc) is 3.93. The van der Waals surface area contributed by atoms with Gasteiger partial charge in [0.1, 0.15) is 0 Å². The molecule has 0 unspecified atom stereocenters. The summed E-state index contributed by atoms with van der Waals surface area (Å²) in [6, 6.07) is 54.5. The van der Waals surface area contributed by atoms with E-state index in [2.05, 4.69) is 227 Å². The zero-order valence-corrected chi connectivity index (χ0v) is 38.9. The van der Waals surface area contributed by atoms with Crippen LogP contribution in [0.5, 0.6) is 0 Å². The Morgan fingerprint density at radius 1 is 0.517 bits per heavy atom. The molecule has 0 heterocycles. The van der Waals surface area contributed by atoms with Crippen LogP contribution >= 0.6 is 0 Å². The topological polar surface area (TPSA) is 0 Å². The number of benzene rings is 6. The van der Waals surface area contributed by atoms with Gasteiger partial charge in [-0.1, -0.05) is 131 Å². The first-order chi connectivity index (χ1) is 27.5. The fraction of sp³-hybridized carbons (Fsp3) is 0.281. The van der Waals surface area contributed by atoms with Crippen LogP contribution in [0.15, 0.2) is 158 Å². The second-order valence-electron chi connectivity index (χ2n) is 18.8. The van der Waals surface area contributed by atoms with Crippen molar-refractivity contribution in [2.75, 3.05) is 0 Å². The summed E-state index contributed by atoms with van der Waals surface area (Å²) in [6.07, 6.45) is 10.9. The minimum absolute atomic E-state index is 0.0380. The fourth-order valence-corrected chi connectivity index (χ4v) is 8.93. The number of rotatable bonds is 6. The second-order valence-corrected chi connectivity index (χ2v) is 20.0. The predicted molar refractivity (Wildman–Crippen MR) is 247 cm³/mol. The first-order valence-corrected chi connectivity index (χ1v) is 22.0. The summed E-state index contributed by atoms with van der Waals surface area (Å²) in [7, 11) is 0. The number of fused-ring (bicyclic) bond motifs is 3. The molecule has 0 amide bonds. The molecule has 0 fully saturated rings. The SMILES string of the molecule is CC(C)(C)c1cc2c([c-]c1-c1ccccc1)Cc1cc(-c3ccccc3)c(C(C)(C)C)cc1-2.CC(C)([C](=[Zr+2])C(C)(C)c1ccccc1)c1ccccc1.[C-]1=CC=CC1. The van der Waals surface area contributed by atoms with Crippen LogP contribution in [0, 0.1) is 12.1 Å². The average molecular weight is 836 g/mol. The van der Waals surface area contributed by atoms with Gasteiger partial charge in [0.2, 0.25) is 0 Å². The van der Waals surface area contributed by atoms with Gasteiger partial charge in [-0.15, -0.1) is 35.2 Å². The smallest absolute Gasteiger partial charge is 0.109 e. The maximum atomic E-state index is 3.88. The third-order valence-electron chi connectivity index (χ3n) is 11.6. The molecular weight excluding hydrogens is 776 g/mol. The molecule has 1 heteroatoms. The van der Waals surface area contributed by atoms with Crippen LogP contribution in [0.3, 0.4) is 0 Å². The monoisotopic (exact) mass is 834 g/mol. The van der Waals surface area contributed by atoms with Gasteiger partial charge < -0.3 is 0 Å². The quantitative estimate of drug-likeness (QED) is 0.146. The van der Waals surface area contributed by atoms with E-state index >= 15 is 0 Å². The Morgan fingerprint density at radius 2 is 0.983 bits per heavy atom. The summed E-state index contributed by atoms with van der Waals surface area (Å²) in [4.78, 5) is 0. The van der Waals surface area contributed by atoms with Gasteiger partial charge in [-0.2, -0.15) is 6.08 Å². The van der Waals surface area contributed by atoms with Crippen molar-refractivity contribution >= 4 is 3.21 Å². The van der Waals surface area contributed by atoms with Gasteiger partial charge in [-0.25, -0.2) is 12.2 Å². The molecule has 0 nitrogen and oxygen atoms in total. The van der Waals surface area contributed by atoms with Crippen molar-refractivity contribution in [1.29, 1.82) is 0 Å². The molecule has 2 aliphatic carbocycles. The van der Waals surface area contributed by atoms with Crippen molar-refractivity contribution in [1.82, 2.24) is 0 Å². The van der Waals surface area contributed by atoms with Crippen molar-refractivity contribution in [3.63, 3.8) is 0 Å². The summed E-state index contributed by atoms with van der Waals surface area (Å²) in [5, 5.41) is 0.